The van der Waals surface area contributed by atoms with E-state index in [0.717, 1.165) is 24.4 Å². The average molecular weight is 479 g/mol. The third kappa shape index (κ3) is 6.17. The highest BCUT2D eigenvalue weighted by molar-refractivity contribution is 7.89. The van der Waals surface area contributed by atoms with Crippen LogP contribution in [0.1, 0.15) is 11.6 Å². The number of hydrogen-bond acceptors (Lipinski definition) is 6. The number of morpholine rings is 1. The molecule has 2 aromatic carbocycles. The second-order valence-corrected chi connectivity index (χ2v) is 10.1. The maximum absolute atomic E-state index is 12.4. The van der Waals surface area contributed by atoms with E-state index in [-0.39, 0.29) is 10.9 Å². The molecule has 0 spiro atoms. The van der Waals surface area contributed by atoms with Gasteiger partial charge in [0.15, 0.2) is 5.11 Å². The van der Waals surface area contributed by atoms with Crippen LogP contribution in [-0.4, -0.2) is 76.8 Å². The number of methoxy groups -OCH3 is 1. The molecule has 1 heterocycles. The van der Waals surface area contributed by atoms with Crippen molar-refractivity contribution in [2.45, 2.75) is 10.9 Å². The quantitative estimate of drug-likeness (QED) is 0.560. The van der Waals surface area contributed by atoms with Gasteiger partial charge in [0.1, 0.15) is 5.75 Å². The molecular formula is C22H30N4O4S2. The highest BCUT2D eigenvalue weighted by atomic mass is 32.2. The van der Waals surface area contributed by atoms with Crippen LogP contribution in [-0.2, 0) is 14.8 Å². The van der Waals surface area contributed by atoms with Gasteiger partial charge < -0.3 is 20.1 Å². The molecule has 10 heteroatoms. The molecule has 0 aliphatic carbocycles. The molecule has 1 aliphatic rings. The molecule has 1 fully saturated rings. The van der Waals surface area contributed by atoms with Gasteiger partial charge in [-0.3, -0.25) is 4.90 Å². The van der Waals surface area contributed by atoms with E-state index in [2.05, 4.69) is 27.7 Å². The molecule has 3 rings (SSSR count). The van der Waals surface area contributed by atoms with Crippen molar-refractivity contribution in [1.82, 2.24) is 14.5 Å². The minimum Gasteiger partial charge on any atom is -0.497 e. The van der Waals surface area contributed by atoms with E-state index in [9.17, 15) is 8.42 Å². The lowest BCUT2D eigenvalue weighted by Crippen LogP contribution is -2.44. The van der Waals surface area contributed by atoms with E-state index in [1.165, 1.54) is 18.4 Å². The monoisotopic (exact) mass is 478 g/mol. The molecular weight excluding hydrogens is 448 g/mol. The minimum atomic E-state index is -3.52. The summed E-state index contributed by atoms with van der Waals surface area (Å²) in [7, 11) is 1.15. The van der Waals surface area contributed by atoms with Crippen LogP contribution in [0.2, 0.25) is 0 Å². The van der Waals surface area contributed by atoms with Crippen LogP contribution in [0.5, 0.6) is 5.75 Å². The fraction of sp³-hybridized carbons (Fsp3) is 0.409. The molecule has 32 heavy (non-hydrogen) atoms. The predicted octanol–water partition coefficient (Wildman–Crippen LogP) is 2.31. The predicted molar refractivity (Wildman–Crippen MR) is 130 cm³/mol. The van der Waals surface area contributed by atoms with Crippen molar-refractivity contribution < 1.29 is 17.9 Å². The summed E-state index contributed by atoms with van der Waals surface area (Å²) in [6.07, 6.45) is 0. The third-order valence-corrected chi connectivity index (χ3v) is 7.37. The zero-order chi connectivity index (χ0) is 23.1. The molecule has 0 saturated carbocycles. The Labute approximate surface area is 195 Å². The van der Waals surface area contributed by atoms with Crippen molar-refractivity contribution in [1.29, 1.82) is 0 Å². The lowest BCUT2D eigenvalue weighted by Gasteiger charge is -2.35. The number of rotatable bonds is 8. The number of hydrogen-bond donors (Lipinski definition) is 2. The second kappa shape index (κ2) is 11.1. The molecule has 0 radical (unpaired) electrons. The molecule has 174 valence electrons. The highest BCUT2D eigenvalue weighted by Crippen LogP contribution is 2.24. The number of anilines is 1. The van der Waals surface area contributed by atoms with Crippen molar-refractivity contribution in [3.8, 4) is 5.75 Å². The smallest absolute Gasteiger partial charge is 0.242 e. The Balaban J connectivity index is 1.68. The van der Waals surface area contributed by atoms with Gasteiger partial charge in [0.05, 0.1) is 31.3 Å². The van der Waals surface area contributed by atoms with Crippen LogP contribution in [0.4, 0.5) is 5.69 Å². The van der Waals surface area contributed by atoms with E-state index in [1.807, 2.05) is 12.1 Å². The van der Waals surface area contributed by atoms with Crippen LogP contribution in [0, 0.1) is 0 Å². The van der Waals surface area contributed by atoms with Crippen molar-refractivity contribution in [2.24, 2.45) is 0 Å². The Kier molecular flexibility index (Phi) is 8.44. The summed E-state index contributed by atoms with van der Waals surface area (Å²) in [4.78, 5) is 2.57. The Morgan fingerprint density at radius 1 is 1.19 bits per heavy atom. The summed E-state index contributed by atoms with van der Waals surface area (Å²) in [5.74, 6) is 0.812. The first kappa shape index (κ1) is 24.4. The molecule has 2 aromatic rings. The summed E-state index contributed by atoms with van der Waals surface area (Å²) in [5.41, 5.74) is 1.76. The maximum Gasteiger partial charge on any atom is 0.242 e. The normalized spacial score (nSPS) is 15.9. The standard InChI is InChI=1S/C22H30N4O4S2/c1-25(2)32(27,28)20-6-4-5-18(15-20)24-22(31)23-16-21(26-11-13-30-14-12-26)17-7-9-19(29-3)10-8-17/h4-10,15,21H,11-14,16H2,1-3H3,(H2,23,24,31). The van der Waals surface area contributed by atoms with E-state index < -0.39 is 10.0 Å². The van der Waals surface area contributed by atoms with Gasteiger partial charge in [-0.25, -0.2) is 12.7 Å². The van der Waals surface area contributed by atoms with Crippen LogP contribution < -0.4 is 15.4 Å². The second-order valence-electron chi connectivity index (χ2n) is 7.59. The van der Waals surface area contributed by atoms with Crippen LogP contribution in [0.15, 0.2) is 53.4 Å². The van der Waals surface area contributed by atoms with Crippen LogP contribution in [0.25, 0.3) is 0 Å². The molecule has 0 amide bonds. The molecule has 2 N–H and O–H groups in total. The Morgan fingerprint density at radius 3 is 2.50 bits per heavy atom. The van der Waals surface area contributed by atoms with Gasteiger partial charge in [0.2, 0.25) is 10.0 Å². The molecule has 8 nitrogen and oxygen atoms in total. The lowest BCUT2D eigenvalue weighted by atomic mass is 10.0. The fourth-order valence-electron chi connectivity index (χ4n) is 3.48. The molecule has 1 unspecified atom stereocenters. The van der Waals surface area contributed by atoms with E-state index in [1.54, 1.807) is 31.4 Å². The number of benzene rings is 2. The van der Waals surface area contributed by atoms with Crippen LogP contribution in [0.3, 0.4) is 0 Å². The van der Waals surface area contributed by atoms with Gasteiger partial charge in [0.25, 0.3) is 0 Å². The van der Waals surface area contributed by atoms with Gasteiger partial charge >= 0.3 is 0 Å². The van der Waals surface area contributed by atoms with Crippen LogP contribution >= 0.6 is 12.2 Å². The van der Waals surface area contributed by atoms with Gasteiger partial charge in [-0.05, 0) is 48.1 Å². The highest BCUT2D eigenvalue weighted by Gasteiger charge is 2.23. The Bertz CT molecular complexity index is 1010. The molecule has 0 bridgehead atoms. The van der Waals surface area contributed by atoms with Gasteiger partial charge in [-0.2, -0.15) is 0 Å². The first-order chi connectivity index (χ1) is 15.3. The van der Waals surface area contributed by atoms with E-state index in [4.69, 9.17) is 21.7 Å². The molecule has 1 atom stereocenters. The summed E-state index contributed by atoms with van der Waals surface area (Å²) >= 11 is 5.49. The number of ether oxygens (including phenoxy) is 2. The zero-order valence-corrected chi connectivity index (χ0v) is 20.2. The molecule has 1 saturated heterocycles. The average Bonchev–Trinajstić information content (AvgIpc) is 2.80. The summed E-state index contributed by atoms with van der Waals surface area (Å²) < 4.78 is 36.8. The van der Waals surface area contributed by atoms with Gasteiger partial charge in [-0.1, -0.05) is 18.2 Å². The Hall–Kier alpha value is -2.24. The first-order valence-corrected chi connectivity index (χ1v) is 12.2. The van der Waals surface area contributed by atoms with Crippen molar-refractivity contribution >= 4 is 33.0 Å². The SMILES string of the molecule is COc1ccc(C(CNC(=S)Nc2cccc(S(=O)(=O)N(C)C)c2)N2CCOCC2)cc1. The number of nitrogens with one attached hydrogen (secondary N) is 2. The maximum atomic E-state index is 12.4. The third-order valence-electron chi connectivity index (χ3n) is 5.31. The van der Waals surface area contributed by atoms with Crippen molar-refractivity contribution in [3.05, 3.63) is 54.1 Å². The molecule has 0 aromatic heterocycles. The Morgan fingerprint density at radius 2 is 1.88 bits per heavy atom. The molecule has 1 aliphatic heterocycles. The summed E-state index contributed by atoms with van der Waals surface area (Å²) in [6.45, 7) is 3.66. The number of sulfonamides is 1. The summed E-state index contributed by atoms with van der Waals surface area (Å²) in [6, 6.07) is 14.7. The minimum absolute atomic E-state index is 0.102. The summed E-state index contributed by atoms with van der Waals surface area (Å²) in [5, 5.41) is 6.81. The van der Waals surface area contributed by atoms with E-state index >= 15 is 0 Å². The zero-order valence-electron chi connectivity index (χ0n) is 18.6. The largest absolute Gasteiger partial charge is 0.497 e. The van der Waals surface area contributed by atoms with Crippen molar-refractivity contribution in [2.75, 3.05) is 59.4 Å². The van der Waals surface area contributed by atoms with Crippen molar-refractivity contribution in [3.63, 3.8) is 0 Å². The lowest BCUT2D eigenvalue weighted by molar-refractivity contribution is 0.0170. The van der Waals surface area contributed by atoms with Gasteiger partial charge in [0, 0.05) is 39.4 Å². The van der Waals surface area contributed by atoms with Gasteiger partial charge in [-0.15, -0.1) is 0 Å². The fourth-order valence-corrected chi connectivity index (χ4v) is 4.63. The van der Waals surface area contributed by atoms with E-state index in [0.29, 0.717) is 30.6 Å². The topological polar surface area (TPSA) is 83.1 Å². The number of nitrogens with zero attached hydrogens (tertiary/aromatic N) is 2. The first-order valence-electron chi connectivity index (χ1n) is 10.3. The number of thiocarbonyl (C=S) groups is 1.